The fraction of sp³-hybridized carbons (Fsp3) is 0.500. The van der Waals surface area contributed by atoms with E-state index in [-0.39, 0.29) is 6.04 Å². The zero-order valence-corrected chi connectivity index (χ0v) is 21.2. The highest BCUT2D eigenvalue weighted by Gasteiger charge is 2.52. The number of methoxy groups -OCH3 is 1. The van der Waals surface area contributed by atoms with Crippen LogP contribution in [0.2, 0.25) is 0 Å². The number of benzene rings is 1. The maximum Gasteiger partial charge on any atom is 0.410 e. The van der Waals surface area contributed by atoms with Gasteiger partial charge in [-0.3, -0.25) is 9.88 Å². The quantitative estimate of drug-likeness (QED) is 0.527. The minimum atomic E-state index is -1.24. The van der Waals surface area contributed by atoms with E-state index in [4.69, 9.17) is 9.47 Å². The van der Waals surface area contributed by atoms with Crippen molar-refractivity contribution in [2.45, 2.75) is 69.9 Å². The van der Waals surface area contributed by atoms with Crippen LogP contribution in [0.15, 0.2) is 36.8 Å². The van der Waals surface area contributed by atoms with Crippen molar-refractivity contribution in [3.05, 3.63) is 36.8 Å². The first-order valence-electron chi connectivity index (χ1n) is 12.2. The van der Waals surface area contributed by atoms with Crippen LogP contribution >= 0.6 is 0 Å². The number of amides is 1. The number of carbonyl (C=O) groups excluding carboxylic acids is 1. The van der Waals surface area contributed by atoms with Crippen LogP contribution < -0.4 is 9.64 Å². The van der Waals surface area contributed by atoms with Crippen molar-refractivity contribution in [1.29, 1.82) is 0 Å². The molecule has 4 heterocycles. The van der Waals surface area contributed by atoms with Crippen LogP contribution in [-0.4, -0.2) is 75.2 Å². The number of fused-ring (bicyclic) bond motifs is 3. The molecule has 2 aliphatic rings. The summed E-state index contributed by atoms with van der Waals surface area (Å²) < 4.78 is 26.8. The summed E-state index contributed by atoms with van der Waals surface area (Å²) in [6.45, 7) is 5.46. The van der Waals surface area contributed by atoms with Crippen LogP contribution in [0.1, 0.15) is 40.0 Å². The van der Waals surface area contributed by atoms with Crippen LogP contribution in [-0.2, 0) is 4.74 Å². The van der Waals surface area contributed by atoms with Gasteiger partial charge in [-0.05, 0) is 63.6 Å². The molecule has 0 spiro atoms. The number of halogens is 1. The summed E-state index contributed by atoms with van der Waals surface area (Å²) in [5, 5.41) is 10.6. The van der Waals surface area contributed by atoms with Gasteiger partial charge < -0.3 is 14.4 Å². The van der Waals surface area contributed by atoms with Gasteiger partial charge in [-0.1, -0.05) is 0 Å². The lowest BCUT2D eigenvalue weighted by Crippen LogP contribution is -2.59. The molecule has 2 aromatic heterocycles. The van der Waals surface area contributed by atoms with Gasteiger partial charge in [-0.25, -0.2) is 14.2 Å². The number of hydrogen-bond donors (Lipinski definition) is 0. The van der Waals surface area contributed by atoms with Crippen molar-refractivity contribution >= 4 is 22.7 Å². The molecule has 2 fully saturated rings. The van der Waals surface area contributed by atoms with Gasteiger partial charge in [-0.15, -0.1) is 10.2 Å². The van der Waals surface area contributed by atoms with Crippen LogP contribution in [0.4, 0.5) is 15.0 Å². The van der Waals surface area contributed by atoms with Crippen molar-refractivity contribution in [1.82, 2.24) is 25.1 Å². The molecule has 0 aliphatic carbocycles. The monoisotopic (exact) mass is 494 g/mol. The lowest BCUT2D eigenvalue weighted by Gasteiger charge is -2.44. The van der Waals surface area contributed by atoms with Crippen LogP contribution in [0, 0.1) is 0 Å². The molecule has 5 rings (SSSR count). The van der Waals surface area contributed by atoms with Crippen molar-refractivity contribution in [2.75, 3.05) is 19.1 Å². The van der Waals surface area contributed by atoms with Gasteiger partial charge in [0.15, 0.2) is 11.6 Å². The summed E-state index contributed by atoms with van der Waals surface area (Å²) in [5.74, 6) is 1.51. The van der Waals surface area contributed by atoms with Crippen LogP contribution in [0.5, 0.6) is 5.75 Å². The molecule has 0 N–H and O–H groups in total. The topological polar surface area (TPSA) is 93.6 Å². The zero-order chi connectivity index (χ0) is 25.6. The van der Waals surface area contributed by atoms with Crippen molar-refractivity contribution in [3.63, 3.8) is 0 Å². The van der Waals surface area contributed by atoms with E-state index in [1.54, 1.807) is 42.5 Å². The number of alkyl halides is 1. The summed E-state index contributed by atoms with van der Waals surface area (Å²) in [4.78, 5) is 24.8. The number of aromatic nitrogens is 4. The first-order valence-corrected chi connectivity index (χ1v) is 12.2. The minimum Gasteiger partial charge on any atom is -0.496 e. The standard InChI is InChI=1S/C26H31FN6O3/c1-26(2,3)36-25(34)33-17-6-7-19(33)23(27)20(12-17)32(4)22-14-29-24(31-30-22)18-10-16-13-28-9-8-15(16)11-21(18)35-5/h8-11,13-14,17,19-20,23H,6-7,12H2,1-5H3/t17-,19+,20-,23+/m1/s1. The number of anilines is 1. The Kier molecular flexibility index (Phi) is 6.13. The molecule has 1 amide bonds. The summed E-state index contributed by atoms with van der Waals surface area (Å²) in [6.07, 6.45) is 5.29. The number of nitrogens with zero attached hydrogens (tertiary/aromatic N) is 6. The van der Waals surface area contributed by atoms with Gasteiger partial charge in [-0.2, -0.15) is 0 Å². The molecule has 2 aliphatic heterocycles. The van der Waals surface area contributed by atoms with E-state index >= 15 is 4.39 Å². The van der Waals surface area contributed by atoms with Crippen molar-refractivity contribution in [2.24, 2.45) is 0 Å². The molecule has 1 aromatic carbocycles. The smallest absolute Gasteiger partial charge is 0.410 e. The van der Waals surface area contributed by atoms with Crippen LogP contribution in [0.3, 0.4) is 0 Å². The molecule has 0 unspecified atom stereocenters. The predicted octanol–water partition coefficient (Wildman–Crippen LogP) is 4.41. The number of ether oxygens (including phenoxy) is 2. The first-order chi connectivity index (χ1) is 17.2. The molecule has 9 nitrogen and oxygen atoms in total. The highest BCUT2D eigenvalue weighted by molar-refractivity contribution is 5.88. The third-order valence-electron chi connectivity index (χ3n) is 7.01. The Morgan fingerprint density at radius 3 is 2.67 bits per heavy atom. The van der Waals surface area contributed by atoms with Gasteiger partial charge in [0, 0.05) is 30.9 Å². The van der Waals surface area contributed by atoms with E-state index in [2.05, 4.69) is 20.2 Å². The first kappa shape index (κ1) is 24.1. The maximum atomic E-state index is 15.7. The van der Waals surface area contributed by atoms with Gasteiger partial charge in [0.2, 0.25) is 0 Å². The predicted molar refractivity (Wildman–Crippen MR) is 134 cm³/mol. The fourth-order valence-corrected chi connectivity index (χ4v) is 5.27. The Bertz CT molecular complexity index is 1260. The Morgan fingerprint density at radius 1 is 1.17 bits per heavy atom. The molecule has 2 bridgehead atoms. The average Bonchev–Trinajstić information content (AvgIpc) is 3.21. The van der Waals surface area contributed by atoms with Crippen molar-refractivity contribution in [3.8, 4) is 17.1 Å². The number of carbonyl (C=O) groups is 1. The van der Waals surface area contributed by atoms with E-state index in [0.29, 0.717) is 35.8 Å². The molecule has 10 heteroatoms. The summed E-state index contributed by atoms with van der Waals surface area (Å²) in [6, 6.07) is 4.72. The number of pyridine rings is 1. The van der Waals surface area contributed by atoms with Crippen LogP contribution in [0.25, 0.3) is 22.2 Å². The number of rotatable bonds is 4. The lowest BCUT2D eigenvalue weighted by atomic mass is 9.94. The van der Waals surface area contributed by atoms with E-state index in [1.165, 1.54) is 0 Å². The molecular weight excluding hydrogens is 463 g/mol. The normalized spacial score (nSPS) is 23.6. The molecule has 0 radical (unpaired) electrons. The Balaban J connectivity index is 1.35. The lowest BCUT2D eigenvalue weighted by molar-refractivity contribution is -0.0104. The number of piperidine rings is 1. The van der Waals surface area contributed by atoms with Gasteiger partial charge in [0.1, 0.15) is 17.5 Å². The molecule has 4 atom stereocenters. The van der Waals surface area contributed by atoms with Gasteiger partial charge >= 0.3 is 6.09 Å². The number of hydrogen-bond acceptors (Lipinski definition) is 8. The highest BCUT2D eigenvalue weighted by Crippen LogP contribution is 2.41. The van der Waals surface area contributed by atoms with E-state index < -0.39 is 29.9 Å². The summed E-state index contributed by atoms with van der Waals surface area (Å²) in [7, 11) is 3.40. The highest BCUT2D eigenvalue weighted by atomic mass is 19.1. The second kappa shape index (κ2) is 9.15. The Morgan fingerprint density at radius 2 is 1.97 bits per heavy atom. The second-order valence-electron chi connectivity index (χ2n) is 10.5. The van der Waals surface area contributed by atoms with Crippen molar-refractivity contribution < 1.29 is 18.7 Å². The Labute approximate surface area is 209 Å². The third kappa shape index (κ3) is 4.40. The summed E-state index contributed by atoms with van der Waals surface area (Å²) >= 11 is 0. The molecule has 36 heavy (non-hydrogen) atoms. The van der Waals surface area contributed by atoms with Gasteiger partial charge in [0.25, 0.3) is 0 Å². The molecular formula is C26H31FN6O3. The third-order valence-corrected chi connectivity index (χ3v) is 7.01. The Hall–Kier alpha value is -3.56. The molecule has 3 aromatic rings. The molecule has 0 saturated carbocycles. The fourth-order valence-electron chi connectivity index (χ4n) is 5.27. The maximum absolute atomic E-state index is 15.7. The van der Waals surface area contributed by atoms with E-state index in [1.807, 2.05) is 39.0 Å². The minimum absolute atomic E-state index is 0.0695. The second-order valence-corrected chi connectivity index (χ2v) is 10.5. The zero-order valence-electron chi connectivity index (χ0n) is 21.2. The molecule has 2 saturated heterocycles. The van der Waals surface area contributed by atoms with Gasteiger partial charge in [0.05, 0.1) is 31.0 Å². The summed E-state index contributed by atoms with van der Waals surface area (Å²) in [5.41, 5.74) is 0.0789. The average molecular weight is 495 g/mol. The molecule has 190 valence electrons. The van der Waals surface area contributed by atoms with E-state index in [0.717, 1.165) is 17.2 Å². The SMILES string of the molecule is COc1cc2ccncc2cc1-c1ncc(N(C)[C@@H]2C[C@H]3CC[C@@H]([C@@H]2F)N3C(=O)OC(C)(C)C)nn1. The van der Waals surface area contributed by atoms with E-state index in [9.17, 15) is 4.79 Å². The largest absolute Gasteiger partial charge is 0.496 e.